The predicted molar refractivity (Wildman–Crippen MR) is 119 cm³/mol. The number of ketones is 1. The summed E-state index contributed by atoms with van der Waals surface area (Å²) in [5, 5.41) is 4.17. The van der Waals surface area contributed by atoms with Crippen LogP contribution in [0.3, 0.4) is 0 Å². The summed E-state index contributed by atoms with van der Waals surface area (Å²) >= 11 is 0. The van der Waals surface area contributed by atoms with Crippen molar-refractivity contribution in [1.82, 2.24) is 9.78 Å². The average molecular weight is 415 g/mol. The minimum Gasteiger partial charge on any atom is -0.454 e. The standard InChI is InChI=1S/C25H25N3O3/c1-25(2)21-7-4-5-8-22(21)27(3)23(25)15-20(29)17-31-24(30)19-11-9-18(10-12-19)16-28-14-6-13-26-28/h4-15H,16-17H2,1-3H3/b23-15-. The molecule has 0 radical (unpaired) electrons. The molecular formula is C25H25N3O3. The van der Waals surface area contributed by atoms with E-state index in [1.807, 2.05) is 54.5 Å². The van der Waals surface area contributed by atoms with E-state index in [2.05, 4.69) is 25.0 Å². The summed E-state index contributed by atoms with van der Waals surface area (Å²) in [7, 11) is 1.95. The first-order valence-corrected chi connectivity index (χ1v) is 10.2. The van der Waals surface area contributed by atoms with Gasteiger partial charge < -0.3 is 9.64 Å². The van der Waals surface area contributed by atoms with Crippen molar-refractivity contribution in [1.29, 1.82) is 0 Å². The van der Waals surface area contributed by atoms with Crippen LogP contribution in [0.15, 0.2) is 78.8 Å². The number of hydrogen-bond donors (Lipinski definition) is 0. The lowest BCUT2D eigenvalue weighted by Crippen LogP contribution is -2.25. The summed E-state index contributed by atoms with van der Waals surface area (Å²) < 4.78 is 7.06. The number of rotatable bonds is 6. The van der Waals surface area contributed by atoms with Gasteiger partial charge in [0.2, 0.25) is 0 Å². The number of carbonyl (C=O) groups is 2. The molecule has 0 fully saturated rings. The topological polar surface area (TPSA) is 64.4 Å². The van der Waals surface area contributed by atoms with Crippen LogP contribution in [0.1, 0.15) is 35.3 Å². The summed E-state index contributed by atoms with van der Waals surface area (Å²) in [6.07, 6.45) is 5.19. The largest absolute Gasteiger partial charge is 0.454 e. The van der Waals surface area contributed by atoms with Crippen LogP contribution in [0.4, 0.5) is 5.69 Å². The zero-order valence-electron chi connectivity index (χ0n) is 17.9. The maximum Gasteiger partial charge on any atom is 0.338 e. The summed E-state index contributed by atoms with van der Waals surface area (Å²) in [6, 6.07) is 17.1. The fourth-order valence-corrected chi connectivity index (χ4v) is 4.00. The molecule has 1 aliphatic heterocycles. The number of hydrogen-bond acceptors (Lipinski definition) is 5. The van der Waals surface area contributed by atoms with E-state index in [9.17, 15) is 9.59 Å². The Kier molecular flexibility index (Phi) is 5.46. The van der Waals surface area contributed by atoms with Crippen molar-refractivity contribution in [2.75, 3.05) is 18.6 Å². The van der Waals surface area contributed by atoms with Crippen molar-refractivity contribution in [2.45, 2.75) is 25.8 Å². The van der Waals surface area contributed by atoms with E-state index in [0.29, 0.717) is 12.1 Å². The Morgan fingerprint density at radius 2 is 1.81 bits per heavy atom. The molecule has 3 aromatic rings. The summed E-state index contributed by atoms with van der Waals surface area (Å²) in [4.78, 5) is 26.9. The molecule has 31 heavy (non-hydrogen) atoms. The minimum atomic E-state index is -0.514. The molecule has 1 aliphatic rings. The molecule has 0 amide bonds. The number of benzene rings is 2. The third-order valence-corrected chi connectivity index (χ3v) is 5.68. The zero-order valence-corrected chi connectivity index (χ0v) is 17.9. The number of nitrogens with zero attached hydrogens (tertiary/aromatic N) is 3. The molecule has 0 spiro atoms. The zero-order chi connectivity index (χ0) is 22.0. The van der Waals surface area contributed by atoms with Crippen molar-refractivity contribution in [3.63, 3.8) is 0 Å². The Bertz CT molecular complexity index is 1130. The number of allylic oxidation sites excluding steroid dienone is 1. The van der Waals surface area contributed by atoms with Gasteiger partial charge in [-0.25, -0.2) is 4.79 Å². The van der Waals surface area contributed by atoms with Crippen molar-refractivity contribution in [2.24, 2.45) is 0 Å². The quantitative estimate of drug-likeness (QED) is 0.450. The molecule has 4 rings (SSSR count). The molecule has 158 valence electrons. The maximum absolute atomic E-state index is 12.6. The molecule has 0 unspecified atom stereocenters. The average Bonchev–Trinajstić information content (AvgIpc) is 3.34. The first kappa shape index (κ1) is 20.6. The molecule has 0 saturated carbocycles. The minimum absolute atomic E-state index is 0.244. The van der Waals surface area contributed by atoms with Gasteiger partial charge in [-0.3, -0.25) is 9.48 Å². The molecule has 0 N–H and O–H groups in total. The number of likely N-dealkylation sites (N-methyl/N-ethyl adjacent to an activating group) is 1. The number of ether oxygens (including phenoxy) is 1. The number of para-hydroxylation sites is 1. The molecular weight excluding hydrogens is 390 g/mol. The van der Waals surface area contributed by atoms with Gasteiger partial charge in [-0.2, -0.15) is 5.10 Å². The fraction of sp³-hybridized carbons (Fsp3) is 0.240. The van der Waals surface area contributed by atoms with Crippen molar-refractivity contribution in [3.8, 4) is 0 Å². The molecule has 2 heterocycles. The van der Waals surface area contributed by atoms with Crippen LogP contribution in [-0.4, -0.2) is 35.2 Å². The van der Waals surface area contributed by atoms with E-state index in [4.69, 9.17) is 4.74 Å². The van der Waals surface area contributed by atoms with Crippen LogP contribution in [-0.2, 0) is 21.5 Å². The third-order valence-electron chi connectivity index (χ3n) is 5.68. The number of carbonyl (C=O) groups excluding carboxylic acids is 2. The molecule has 0 atom stereocenters. The molecule has 6 heteroatoms. The van der Waals surface area contributed by atoms with E-state index in [0.717, 1.165) is 16.9 Å². The number of aromatic nitrogens is 2. The van der Waals surface area contributed by atoms with Crippen LogP contribution < -0.4 is 4.90 Å². The van der Waals surface area contributed by atoms with Gasteiger partial charge in [0.15, 0.2) is 12.4 Å². The highest BCUT2D eigenvalue weighted by Gasteiger charge is 2.38. The van der Waals surface area contributed by atoms with E-state index >= 15 is 0 Å². The second-order valence-electron chi connectivity index (χ2n) is 8.17. The summed E-state index contributed by atoms with van der Waals surface area (Å²) in [5.41, 5.74) is 4.28. The monoisotopic (exact) mass is 415 g/mol. The molecule has 6 nitrogen and oxygen atoms in total. The van der Waals surface area contributed by atoms with Crippen LogP contribution in [0.25, 0.3) is 0 Å². The molecule has 2 aromatic carbocycles. The van der Waals surface area contributed by atoms with Gasteiger partial charge in [-0.05, 0) is 35.4 Å². The normalized spacial score (nSPS) is 15.7. The van der Waals surface area contributed by atoms with Gasteiger partial charge >= 0.3 is 5.97 Å². The van der Waals surface area contributed by atoms with E-state index < -0.39 is 5.97 Å². The fourth-order valence-electron chi connectivity index (χ4n) is 4.00. The van der Waals surface area contributed by atoms with Gasteiger partial charge in [0.05, 0.1) is 12.1 Å². The Balaban J connectivity index is 1.38. The molecule has 0 bridgehead atoms. The number of fused-ring (bicyclic) bond motifs is 1. The molecule has 0 saturated heterocycles. The highest BCUT2D eigenvalue weighted by atomic mass is 16.5. The Morgan fingerprint density at radius 3 is 2.48 bits per heavy atom. The van der Waals surface area contributed by atoms with Crippen LogP contribution in [0.2, 0.25) is 0 Å². The smallest absolute Gasteiger partial charge is 0.338 e. The lowest BCUT2D eigenvalue weighted by Gasteiger charge is -2.23. The van der Waals surface area contributed by atoms with Crippen molar-refractivity contribution < 1.29 is 14.3 Å². The highest BCUT2D eigenvalue weighted by molar-refractivity contribution is 5.96. The molecule has 0 aliphatic carbocycles. The van der Waals surface area contributed by atoms with E-state index in [-0.39, 0.29) is 17.8 Å². The SMILES string of the molecule is CN1/C(=C\C(=O)COC(=O)c2ccc(Cn3cccn3)cc2)C(C)(C)c2ccccc21. The maximum atomic E-state index is 12.6. The third kappa shape index (κ3) is 4.14. The van der Waals surface area contributed by atoms with Crippen LogP contribution >= 0.6 is 0 Å². The van der Waals surface area contributed by atoms with Crippen LogP contribution in [0.5, 0.6) is 0 Å². The Labute approximate surface area is 181 Å². The van der Waals surface area contributed by atoms with Gasteiger partial charge in [0.1, 0.15) is 0 Å². The van der Waals surface area contributed by atoms with Crippen molar-refractivity contribution in [3.05, 3.63) is 95.5 Å². The van der Waals surface area contributed by atoms with Crippen molar-refractivity contribution >= 4 is 17.4 Å². The van der Waals surface area contributed by atoms with Gasteiger partial charge in [0.25, 0.3) is 0 Å². The van der Waals surface area contributed by atoms with Gasteiger partial charge in [-0.15, -0.1) is 0 Å². The van der Waals surface area contributed by atoms with Crippen LogP contribution in [0, 0.1) is 0 Å². The second-order valence-corrected chi connectivity index (χ2v) is 8.17. The highest BCUT2D eigenvalue weighted by Crippen LogP contribution is 2.46. The summed E-state index contributed by atoms with van der Waals surface area (Å²) in [6.45, 7) is 4.51. The van der Waals surface area contributed by atoms with E-state index in [1.165, 1.54) is 5.56 Å². The first-order chi connectivity index (χ1) is 14.9. The number of esters is 1. The first-order valence-electron chi connectivity index (χ1n) is 10.2. The Morgan fingerprint density at radius 1 is 1.06 bits per heavy atom. The van der Waals surface area contributed by atoms with E-state index in [1.54, 1.807) is 29.1 Å². The lowest BCUT2D eigenvalue weighted by atomic mass is 9.83. The summed E-state index contributed by atoms with van der Waals surface area (Å²) in [5.74, 6) is -0.758. The number of anilines is 1. The second kappa shape index (κ2) is 8.22. The molecule has 1 aromatic heterocycles. The van der Waals surface area contributed by atoms with Gasteiger partial charge in [0, 0.05) is 42.3 Å². The lowest BCUT2D eigenvalue weighted by molar-refractivity contribution is -0.117. The predicted octanol–water partition coefficient (Wildman–Crippen LogP) is 3.97. The van der Waals surface area contributed by atoms with Gasteiger partial charge in [-0.1, -0.05) is 44.2 Å². The Hall–Kier alpha value is -3.67.